The van der Waals surface area contributed by atoms with Crippen LogP contribution in [0.15, 0.2) is 47.1 Å². The maximum Gasteiger partial charge on any atom is 0.308 e. The minimum Gasteiger partial charge on any atom is -0.469 e. The number of hydrogen-bond donors (Lipinski definition) is 1. The fraction of sp³-hybridized carbons (Fsp3) is 0.235. The van der Waals surface area contributed by atoms with Crippen molar-refractivity contribution in [2.24, 2.45) is 5.92 Å². The van der Waals surface area contributed by atoms with Crippen LogP contribution in [0.2, 0.25) is 0 Å². The van der Waals surface area contributed by atoms with Crippen molar-refractivity contribution < 1.29 is 14.3 Å². The lowest BCUT2D eigenvalue weighted by atomic mass is 10.0. The van der Waals surface area contributed by atoms with Crippen molar-refractivity contribution in [3.8, 4) is 0 Å². The Morgan fingerprint density at radius 2 is 2.09 bits per heavy atom. The predicted octanol–water partition coefficient (Wildman–Crippen LogP) is 3.45. The SMILES string of the molecule is COC(=O)C(C)Cc1ccc(NC(=O)c2ccccn2)c(Br)c1. The van der Waals surface area contributed by atoms with Crippen molar-refractivity contribution in [2.45, 2.75) is 13.3 Å². The topological polar surface area (TPSA) is 68.3 Å². The van der Waals surface area contributed by atoms with Crippen molar-refractivity contribution in [1.82, 2.24) is 4.98 Å². The number of amides is 1. The number of nitrogens with zero attached hydrogens (tertiary/aromatic N) is 1. The maximum absolute atomic E-state index is 12.1. The van der Waals surface area contributed by atoms with Crippen LogP contribution >= 0.6 is 15.9 Å². The number of halogens is 1. The average molecular weight is 377 g/mol. The quantitative estimate of drug-likeness (QED) is 0.811. The van der Waals surface area contributed by atoms with Gasteiger partial charge >= 0.3 is 5.97 Å². The standard InChI is InChI=1S/C17H17BrN2O3/c1-11(17(22)23-2)9-12-6-7-14(13(18)10-12)20-16(21)15-5-3-4-8-19-15/h3-8,10-11H,9H2,1-2H3,(H,20,21). The second-order valence-electron chi connectivity index (χ2n) is 5.11. The lowest BCUT2D eigenvalue weighted by Gasteiger charge is -2.12. The first-order valence-electron chi connectivity index (χ1n) is 7.10. The smallest absolute Gasteiger partial charge is 0.308 e. The number of carbonyl (C=O) groups is 2. The fourth-order valence-corrected chi connectivity index (χ4v) is 2.63. The third-order valence-electron chi connectivity index (χ3n) is 3.32. The minimum atomic E-state index is -0.276. The van der Waals surface area contributed by atoms with Gasteiger partial charge in [-0.2, -0.15) is 0 Å². The Bertz CT molecular complexity index is 704. The van der Waals surface area contributed by atoms with Crippen LogP contribution in [0, 0.1) is 5.92 Å². The van der Waals surface area contributed by atoms with Crippen LogP contribution in [0.1, 0.15) is 23.0 Å². The summed E-state index contributed by atoms with van der Waals surface area (Å²) >= 11 is 3.44. The Kier molecular flexibility index (Phi) is 5.87. The number of aromatic nitrogens is 1. The zero-order valence-corrected chi connectivity index (χ0v) is 14.5. The Hall–Kier alpha value is -2.21. The van der Waals surface area contributed by atoms with Gasteiger partial charge in [0.15, 0.2) is 0 Å². The van der Waals surface area contributed by atoms with E-state index in [1.807, 2.05) is 19.1 Å². The van der Waals surface area contributed by atoms with E-state index in [1.165, 1.54) is 7.11 Å². The van der Waals surface area contributed by atoms with Crippen LogP contribution in [0.3, 0.4) is 0 Å². The van der Waals surface area contributed by atoms with E-state index in [0.717, 1.165) is 10.0 Å². The van der Waals surface area contributed by atoms with E-state index in [4.69, 9.17) is 4.74 Å². The molecule has 1 heterocycles. The summed E-state index contributed by atoms with van der Waals surface area (Å²) in [7, 11) is 1.38. The van der Waals surface area contributed by atoms with Crippen molar-refractivity contribution in [1.29, 1.82) is 0 Å². The van der Waals surface area contributed by atoms with Gasteiger partial charge in [0.2, 0.25) is 0 Å². The van der Waals surface area contributed by atoms with Gasteiger partial charge in [-0.25, -0.2) is 0 Å². The first kappa shape index (κ1) is 17.1. The van der Waals surface area contributed by atoms with Crippen LogP contribution in [-0.2, 0) is 16.0 Å². The summed E-state index contributed by atoms with van der Waals surface area (Å²) in [6, 6.07) is 10.7. The summed E-state index contributed by atoms with van der Waals surface area (Å²) in [6.07, 6.45) is 2.14. The van der Waals surface area contributed by atoms with Crippen LogP contribution in [0.25, 0.3) is 0 Å². The molecule has 1 unspecified atom stereocenters. The van der Waals surface area contributed by atoms with Gasteiger partial charge < -0.3 is 10.1 Å². The molecule has 0 fully saturated rings. The summed E-state index contributed by atoms with van der Waals surface area (Å²) in [5.41, 5.74) is 1.98. The molecule has 6 heteroatoms. The second kappa shape index (κ2) is 7.87. The molecule has 0 spiro atoms. The van der Waals surface area contributed by atoms with E-state index in [1.54, 1.807) is 30.5 Å². The fourth-order valence-electron chi connectivity index (χ4n) is 2.11. The van der Waals surface area contributed by atoms with Crippen LogP contribution in [-0.4, -0.2) is 24.0 Å². The molecule has 1 N–H and O–H groups in total. The normalized spacial score (nSPS) is 11.6. The number of ether oxygens (including phenoxy) is 1. The summed E-state index contributed by atoms with van der Waals surface area (Å²) in [6.45, 7) is 1.82. The molecule has 1 atom stereocenters. The molecular weight excluding hydrogens is 360 g/mol. The van der Waals surface area contributed by atoms with E-state index >= 15 is 0 Å². The largest absolute Gasteiger partial charge is 0.469 e. The van der Waals surface area contributed by atoms with Gasteiger partial charge in [-0.3, -0.25) is 14.6 Å². The number of esters is 1. The van der Waals surface area contributed by atoms with Crippen LogP contribution < -0.4 is 5.32 Å². The van der Waals surface area contributed by atoms with Gasteiger partial charge in [0.05, 0.1) is 18.7 Å². The Balaban J connectivity index is 2.08. The summed E-state index contributed by atoms with van der Waals surface area (Å²) < 4.78 is 5.47. The highest BCUT2D eigenvalue weighted by molar-refractivity contribution is 9.10. The number of nitrogens with one attached hydrogen (secondary N) is 1. The number of anilines is 1. The summed E-state index contributed by atoms with van der Waals surface area (Å²) in [5.74, 6) is -0.739. The third-order valence-corrected chi connectivity index (χ3v) is 3.98. The molecule has 0 saturated carbocycles. The van der Waals surface area contributed by atoms with Gasteiger partial charge in [-0.1, -0.05) is 19.1 Å². The van der Waals surface area contributed by atoms with E-state index < -0.39 is 0 Å². The zero-order valence-electron chi connectivity index (χ0n) is 12.9. The minimum absolute atomic E-state index is 0.221. The zero-order chi connectivity index (χ0) is 16.8. The molecule has 0 aliphatic heterocycles. The summed E-state index contributed by atoms with van der Waals surface area (Å²) in [4.78, 5) is 27.6. The second-order valence-corrected chi connectivity index (χ2v) is 5.97. The molecular formula is C17H17BrN2O3. The maximum atomic E-state index is 12.1. The molecule has 0 radical (unpaired) electrons. The van der Waals surface area contributed by atoms with Gasteiger partial charge in [-0.15, -0.1) is 0 Å². The highest BCUT2D eigenvalue weighted by Gasteiger charge is 2.15. The van der Waals surface area contributed by atoms with E-state index in [-0.39, 0.29) is 17.8 Å². The Labute approximate surface area is 143 Å². The molecule has 5 nitrogen and oxygen atoms in total. The molecule has 2 aromatic rings. The molecule has 0 saturated heterocycles. The molecule has 0 aliphatic carbocycles. The molecule has 23 heavy (non-hydrogen) atoms. The number of methoxy groups -OCH3 is 1. The molecule has 2 rings (SSSR count). The number of pyridine rings is 1. The average Bonchev–Trinajstić information content (AvgIpc) is 2.57. The van der Waals surface area contributed by atoms with Crippen molar-refractivity contribution >= 4 is 33.5 Å². The van der Waals surface area contributed by atoms with Gasteiger partial charge in [0, 0.05) is 10.7 Å². The van der Waals surface area contributed by atoms with E-state index in [2.05, 4.69) is 26.2 Å². The van der Waals surface area contributed by atoms with Crippen LogP contribution in [0.4, 0.5) is 5.69 Å². The molecule has 0 aliphatic rings. The first-order valence-corrected chi connectivity index (χ1v) is 7.89. The van der Waals surface area contributed by atoms with Crippen molar-refractivity contribution in [2.75, 3.05) is 12.4 Å². The molecule has 0 bridgehead atoms. The third kappa shape index (κ3) is 4.63. The van der Waals surface area contributed by atoms with Crippen molar-refractivity contribution in [3.05, 3.63) is 58.3 Å². The molecule has 1 aromatic carbocycles. The monoisotopic (exact) mass is 376 g/mol. The summed E-state index contributed by atoms with van der Waals surface area (Å²) in [5, 5.41) is 2.80. The van der Waals surface area contributed by atoms with Crippen LogP contribution in [0.5, 0.6) is 0 Å². The number of carbonyl (C=O) groups excluding carboxylic acids is 2. The molecule has 1 aromatic heterocycles. The Morgan fingerprint density at radius 3 is 2.70 bits per heavy atom. The van der Waals surface area contributed by atoms with Gasteiger partial charge in [0.25, 0.3) is 5.91 Å². The number of hydrogen-bond acceptors (Lipinski definition) is 4. The van der Waals surface area contributed by atoms with E-state index in [0.29, 0.717) is 17.8 Å². The number of rotatable bonds is 5. The lowest BCUT2D eigenvalue weighted by molar-refractivity contribution is -0.144. The highest BCUT2D eigenvalue weighted by atomic mass is 79.9. The highest BCUT2D eigenvalue weighted by Crippen LogP contribution is 2.25. The lowest BCUT2D eigenvalue weighted by Crippen LogP contribution is -2.16. The molecule has 120 valence electrons. The number of benzene rings is 1. The first-order chi connectivity index (χ1) is 11.0. The Morgan fingerprint density at radius 1 is 1.30 bits per heavy atom. The van der Waals surface area contributed by atoms with E-state index in [9.17, 15) is 9.59 Å². The predicted molar refractivity (Wildman–Crippen MR) is 91.2 cm³/mol. The van der Waals surface area contributed by atoms with Gasteiger partial charge in [-0.05, 0) is 52.2 Å². The van der Waals surface area contributed by atoms with Crippen molar-refractivity contribution in [3.63, 3.8) is 0 Å². The van der Waals surface area contributed by atoms with Gasteiger partial charge in [0.1, 0.15) is 5.69 Å². The molecule has 1 amide bonds.